The van der Waals surface area contributed by atoms with E-state index in [1.165, 1.54) is 7.11 Å². The lowest BCUT2D eigenvalue weighted by molar-refractivity contribution is -0.154. The van der Waals surface area contributed by atoms with Crippen LogP contribution in [0.2, 0.25) is 10.0 Å². The SMILES string of the molecule is COC(=O)C(O)C1CCN(Cc2cc(Cl)cc(Cl)c2)CC1. The number of ether oxygens (including phenoxy) is 1. The van der Waals surface area contributed by atoms with Crippen molar-refractivity contribution in [3.05, 3.63) is 33.8 Å². The van der Waals surface area contributed by atoms with Gasteiger partial charge in [-0.05, 0) is 55.6 Å². The monoisotopic (exact) mass is 331 g/mol. The molecule has 1 fully saturated rings. The second-order valence-electron chi connectivity index (χ2n) is 5.36. The Morgan fingerprint density at radius 3 is 2.43 bits per heavy atom. The normalized spacial score (nSPS) is 18.5. The van der Waals surface area contributed by atoms with E-state index in [2.05, 4.69) is 9.64 Å². The van der Waals surface area contributed by atoms with E-state index < -0.39 is 12.1 Å². The van der Waals surface area contributed by atoms with Crippen LogP contribution in [0.3, 0.4) is 0 Å². The highest BCUT2D eigenvalue weighted by atomic mass is 35.5. The Morgan fingerprint density at radius 1 is 1.33 bits per heavy atom. The lowest BCUT2D eigenvalue weighted by Gasteiger charge is -2.33. The highest BCUT2D eigenvalue weighted by Crippen LogP contribution is 2.25. The number of aliphatic hydroxyl groups excluding tert-OH is 1. The van der Waals surface area contributed by atoms with Gasteiger partial charge < -0.3 is 9.84 Å². The predicted octanol–water partition coefficient (Wildman–Crippen LogP) is 2.74. The molecule has 1 aliphatic heterocycles. The molecule has 0 radical (unpaired) electrons. The van der Waals surface area contributed by atoms with Crippen molar-refractivity contribution in [3.8, 4) is 0 Å². The zero-order chi connectivity index (χ0) is 15.4. The molecular weight excluding hydrogens is 313 g/mol. The van der Waals surface area contributed by atoms with E-state index in [4.69, 9.17) is 23.2 Å². The first-order valence-electron chi connectivity index (χ1n) is 6.93. The number of rotatable bonds is 4. The molecule has 1 N–H and O–H groups in total. The van der Waals surface area contributed by atoms with E-state index in [1.807, 2.05) is 12.1 Å². The quantitative estimate of drug-likeness (QED) is 0.862. The van der Waals surface area contributed by atoms with Crippen LogP contribution in [0.4, 0.5) is 0 Å². The first kappa shape index (κ1) is 16.6. The van der Waals surface area contributed by atoms with Crippen LogP contribution in [0.25, 0.3) is 0 Å². The molecule has 116 valence electrons. The second kappa shape index (κ2) is 7.45. The number of hydrogen-bond acceptors (Lipinski definition) is 4. The summed E-state index contributed by atoms with van der Waals surface area (Å²) in [4.78, 5) is 13.6. The van der Waals surface area contributed by atoms with Gasteiger partial charge in [-0.3, -0.25) is 4.90 Å². The lowest BCUT2D eigenvalue weighted by Crippen LogP contribution is -2.40. The molecule has 1 heterocycles. The van der Waals surface area contributed by atoms with Crippen molar-refractivity contribution in [2.24, 2.45) is 5.92 Å². The van der Waals surface area contributed by atoms with Crippen molar-refractivity contribution in [2.75, 3.05) is 20.2 Å². The molecule has 21 heavy (non-hydrogen) atoms. The minimum absolute atomic E-state index is 0.0309. The van der Waals surface area contributed by atoms with Gasteiger partial charge in [-0.15, -0.1) is 0 Å². The Balaban J connectivity index is 1.88. The number of methoxy groups -OCH3 is 1. The van der Waals surface area contributed by atoms with E-state index in [9.17, 15) is 9.90 Å². The molecule has 4 nitrogen and oxygen atoms in total. The summed E-state index contributed by atoms with van der Waals surface area (Å²) in [6.45, 7) is 2.41. The number of carbonyl (C=O) groups is 1. The Labute approximate surface area is 134 Å². The summed E-state index contributed by atoms with van der Waals surface area (Å²) in [5.74, 6) is -0.577. The Bertz CT molecular complexity index is 481. The van der Waals surface area contributed by atoms with Crippen LogP contribution in [0.5, 0.6) is 0 Å². The van der Waals surface area contributed by atoms with Crippen molar-refractivity contribution in [1.82, 2.24) is 4.90 Å². The third-order valence-corrected chi connectivity index (χ3v) is 4.29. The minimum Gasteiger partial charge on any atom is -0.467 e. The standard InChI is InChI=1S/C15H19Cl2NO3/c1-21-15(20)14(19)11-2-4-18(5-3-11)9-10-6-12(16)8-13(17)7-10/h6-8,11,14,19H,2-5,9H2,1H3. The number of carbonyl (C=O) groups excluding carboxylic acids is 1. The van der Waals surface area contributed by atoms with Gasteiger partial charge in [-0.25, -0.2) is 4.79 Å². The number of benzene rings is 1. The molecule has 1 atom stereocenters. The van der Waals surface area contributed by atoms with E-state index in [-0.39, 0.29) is 5.92 Å². The fourth-order valence-electron chi connectivity index (χ4n) is 2.70. The van der Waals surface area contributed by atoms with Gasteiger partial charge >= 0.3 is 5.97 Å². The maximum Gasteiger partial charge on any atom is 0.334 e. The Hall–Kier alpha value is -0.810. The third kappa shape index (κ3) is 4.58. The topological polar surface area (TPSA) is 49.8 Å². The third-order valence-electron chi connectivity index (χ3n) is 3.85. The molecular formula is C15H19Cl2NO3. The summed E-state index contributed by atoms with van der Waals surface area (Å²) >= 11 is 12.0. The molecule has 0 saturated carbocycles. The molecule has 1 aliphatic rings. The van der Waals surface area contributed by atoms with Gasteiger partial charge in [0.25, 0.3) is 0 Å². The number of halogens is 2. The summed E-state index contributed by atoms with van der Waals surface area (Å²) < 4.78 is 4.58. The molecule has 0 amide bonds. The van der Waals surface area contributed by atoms with Crippen molar-refractivity contribution < 1.29 is 14.6 Å². The molecule has 0 bridgehead atoms. The average molecular weight is 332 g/mol. The highest BCUT2D eigenvalue weighted by Gasteiger charge is 2.30. The fraction of sp³-hybridized carbons (Fsp3) is 0.533. The first-order valence-corrected chi connectivity index (χ1v) is 7.68. The first-order chi connectivity index (χ1) is 9.99. The number of nitrogens with zero attached hydrogens (tertiary/aromatic N) is 1. The van der Waals surface area contributed by atoms with Crippen LogP contribution < -0.4 is 0 Å². The van der Waals surface area contributed by atoms with E-state index in [0.717, 1.165) is 38.0 Å². The largest absolute Gasteiger partial charge is 0.467 e. The zero-order valence-electron chi connectivity index (χ0n) is 11.9. The van der Waals surface area contributed by atoms with Crippen LogP contribution in [-0.4, -0.2) is 42.3 Å². The number of esters is 1. The van der Waals surface area contributed by atoms with Crippen LogP contribution in [0.1, 0.15) is 18.4 Å². The molecule has 2 rings (SSSR count). The number of hydrogen-bond donors (Lipinski definition) is 1. The Kier molecular flexibility index (Phi) is 5.88. The number of piperidine rings is 1. The molecule has 1 aromatic carbocycles. The molecule has 0 aliphatic carbocycles. The van der Waals surface area contributed by atoms with Crippen molar-refractivity contribution >= 4 is 29.2 Å². The van der Waals surface area contributed by atoms with Crippen molar-refractivity contribution in [2.45, 2.75) is 25.5 Å². The zero-order valence-corrected chi connectivity index (χ0v) is 13.4. The second-order valence-corrected chi connectivity index (χ2v) is 6.23. The molecule has 1 unspecified atom stereocenters. The fourth-order valence-corrected chi connectivity index (χ4v) is 3.27. The van der Waals surface area contributed by atoms with E-state index in [1.54, 1.807) is 6.07 Å². The molecule has 1 aromatic rings. The lowest BCUT2D eigenvalue weighted by atomic mass is 9.91. The van der Waals surface area contributed by atoms with Crippen LogP contribution in [-0.2, 0) is 16.1 Å². The molecule has 0 aromatic heterocycles. The molecule has 1 saturated heterocycles. The smallest absolute Gasteiger partial charge is 0.334 e. The predicted molar refractivity (Wildman–Crippen MR) is 82.5 cm³/mol. The average Bonchev–Trinajstić information content (AvgIpc) is 2.45. The van der Waals surface area contributed by atoms with Gasteiger partial charge in [0.1, 0.15) is 0 Å². The maximum absolute atomic E-state index is 11.3. The van der Waals surface area contributed by atoms with Crippen LogP contribution >= 0.6 is 23.2 Å². The van der Waals surface area contributed by atoms with Gasteiger partial charge in [-0.2, -0.15) is 0 Å². The number of aliphatic hydroxyl groups is 1. The number of likely N-dealkylation sites (tertiary alicyclic amines) is 1. The Morgan fingerprint density at radius 2 is 1.90 bits per heavy atom. The van der Waals surface area contributed by atoms with Gasteiger partial charge in [-0.1, -0.05) is 23.2 Å². The maximum atomic E-state index is 11.3. The van der Waals surface area contributed by atoms with Gasteiger partial charge in [0.2, 0.25) is 0 Å². The summed E-state index contributed by atoms with van der Waals surface area (Å²) in [6, 6.07) is 5.53. The van der Waals surface area contributed by atoms with Crippen molar-refractivity contribution in [3.63, 3.8) is 0 Å². The summed E-state index contributed by atoms with van der Waals surface area (Å²) in [6.07, 6.45) is 0.521. The van der Waals surface area contributed by atoms with Crippen LogP contribution in [0.15, 0.2) is 18.2 Å². The summed E-state index contributed by atoms with van der Waals surface area (Å²) in [7, 11) is 1.30. The van der Waals surface area contributed by atoms with Gasteiger partial charge in [0.05, 0.1) is 7.11 Å². The van der Waals surface area contributed by atoms with Gasteiger partial charge in [0, 0.05) is 16.6 Å². The summed E-state index contributed by atoms with van der Waals surface area (Å²) in [5, 5.41) is 11.1. The highest BCUT2D eigenvalue weighted by molar-refractivity contribution is 6.34. The van der Waals surface area contributed by atoms with E-state index >= 15 is 0 Å². The van der Waals surface area contributed by atoms with E-state index in [0.29, 0.717) is 10.0 Å². The van der Waals surface area contributed by atoms with Gasteiger partial charge in [0.15, 0.2) is 6.10 Å². The van der Waals surface area contributed by atoms with Crippen molar-refractivity contribution in [1.29, 1.82) is 0 Å². The molecule has 6 heteroatoms. The molecule has 0 spiro atoms. The summed E-state index contributed by atoms with van der Waals surface area (Å²) in [5.41, 5.74) is 1.07. The van der Waals surface area contributed by atoms with Crippen LogP contribution in [0, 0.1) is 5.92 Å². The minimum atomic E-state index is -1.02.